The Bertz CT molecular complexity index is 277. The van der Waals surface area contributed by atoms with Crippen LogP contribution in [0.3, 0.4) is 0 Å². The summed E-state index contributed by atoms with van der Waals surface area (Å²) in [5, 5.41) is 4.17. The third-order valence-electron chi connectivity index (χ3n) is 2.94. The van der Waals surface area contributed by atoms with Gasteiger partial charge in [0.05, 0.1) is 6.20 Å². The molecule has 0 N–H and O–H groups in total. The van der Waals surface area contributed by atoms with Gasteiger partial charge in [0.1, 0.15) is 0 Å². The lowest BCUT2D eigenvalue weighted by Gasteiger charge is -2.21. The van der Waals surface area contributed by atoms with Crippen molar-refractivity contribution in [3.05, 3.63) is 18.0 Å². The zero-order valence-electron chi connectivity index (χ0n) is 8.78. The Morgan fingerprint density at radius 1 is 1.50 bits per heavy atom. The summed E-state index contributed by atoms with van der Waals surface area (Å²) >= 11 is 0. The van der Waals surface area contributed by atoms with Gasteiger partial charge in [-0.25, -0.2) is 0 Å². The molecule has 1 aliphatic rings. The first-order chi connectivity index (χ1) is 6.84. The van der Waals surface area contributed by atoms with E-state index in [1.54, 1.807) is 0 Å². The molecule has 0 saturated carbocycles. The second-order valence-corrected chi connectivity index (χ2v) is 4.12. The van der Waals surface area contributed by atoms with Crippen molar-refractivity contribution >= 4 is 0 Å². The molecule has 0 radical (unpaired) electrons. The summed E-state index contributed by atoms with van der Waals surface area (Å²) in [6.07, 6.45) is 9.01. The Labute approximate surface area is 85.1 Å². The number of ether oxygens (including phenoxy) is 1. The lowest BCUT2D eigenvalue weighted by Crippen LogP contribution is -2.16. The highest BCUT2D eigenvalue weighted by Gasteiger charge is 2.13. The molecule has 1 fully saturated rings. The first kappa shape index (κ1) is 9.71. The van der Waals surface area contributed by atoms with Gasteiger partial charge in [-0.1, -0.05) is 0 Å². The summed E-state index contributed by atoms with van der Waals surface area (Å²) < 4.78 is 7.21. The minimum Gasteiger partial charge on any atom is -0.381 e. The molecule has 0 aliphatic carbocycles. The Kier molecular flexibility index (Phi) is 3.19. The largest absolute Gasteiger partial charge is 0.381 e. The van der Waals surface area contributed by atoms with Crippen LogP contribution in [0.4, 0.5) is 0 Å². The fourth-order valence-electron chi connectivity index (χ4n) is 2.01. The van der Waals surface area contributed by atoms with Crippen molar-refractivity contribution in [3.63, 3.8) is 0 Å². The van der Waals surface area contributed by atoms with E-state index in [2.05, 4.69) is 11.3 Å². The van der Waals surface area contributed by atoms with Crippen molar-refractivity contribution in [1.29, 1.82) is 0 Å². The Morgan fingerprint density at radius 3 is 2.93 bits per heavy atom. The molecule has 0 amide bonds. The monoisotopic (exact) mass is 194 g/mol. The molecule has 3 nitrogen and oxygen atoms in total. The van der Waals surface area contributed by atoms with Crippen molar-refractivity contribution in [2.45, 2.75) is 25.7 Å². The van der Waals surface area contributed by atoms with E-state index in [-0.39, 0.29) is 0 Å². The maximum absolute atomic E-state index is 5.34. The Morgan fingerprint density at radius 2 is 2.29 bits per heavy atom. The van der Waals surface area contributed by atoms with Crippen LogP contribution in [0.5, 0.6) is 0 Å². The second-order valence-electron chi connectivity index (χ2n) is 4.12. The lowest BCUT2D eigenvalue weighted by atomic mass is 9.94. The van der Waals surface area contributed by atoms with Gasteiger partial charge in [0.25, 0.3) is 0 Å². The van der Waals surface area contributed by atoms with E-state index in [1.165, 1.54) is 31.2 Å². The molecule has 14 heavy (non-hydrogen) atoms. The molecular formula is C11H18N2O. The third-order valence-corrected chi connectivity index (χ3v) is 2.94. The van der Waals surface area contributed by atoms with Gasteiger partial charge in [-0.15, -0.1) is 0 Å². The van der Waals surface area contributed by atoms with Gasteiger partial charge in [-0.05, 0) is 37.2 Å². The normalized spacial score (nSPS) is 18.6. The van der Waals surface area contributed by atoms with Crippen LogP contribution < -0.4 is 0 Å². The van der Waals surface area contributed by atoms with Crippen LogP contribution in [-0.4, -0.2) is 23.0 Å². The molecule has 0 unspecified atom stereocenters. The zero-order chi connectivity index (χ0) is 9.80. The van der Waals surface area contributed by atoms with Crippen LogP contribution in [0.15, 0.2) is 12.4 Å². The average molecular weight is 194 g/mol. The van der Waals surface area contributed by atoms with E-state index < -0.39 is 0 Å². The van der Waals surface area contributed by atoms with Gasteiger partial charge in [-0.3, -0.25) is 4.68 Å². The highest BCUT2D eigenvalue weighted by Crippen LogP contribution is 2.20. The van der Waals surface area contributed by atoms with E-state index in [0.717, 1.165) is 19.1 Å². The lowest BCUT2D eigenvalue weighted by molar-refractivity contribution is 0.0640. The first-order valence-corrected chi connectivity index (χ1v) is 5.40. The number of nitrogens with zero attached hydrogens (tertiary/aromatic N) is 2. The van der Waals surface area contributed by atoms with Crippen molar-refractivity contribution < 1.29 is 4.74 Å². The molecule has 1 aliphatic heterocycles. The highest BCUT2D eigenvalue weighted by molar-refractivity contribution is 5.03. The van der Waals surface area contributed by atoms with Crippen LogP contribution in [-0.2, 0) is 18.2 Å². The van der Waals surface area contributed by atoms with E-state index in [4.69, 9.17) is 4.74 Å². The number of hydrogen-bond acceptors (Lipinski definition) is 2. The quantitative estimate of drug-likeness (QED) is 0.733. The minimum atomic E-state index is 0.865. The summed E-state index contributed by atoms with van der Waals surface area (Å²) in [5.74, 6) is 0.865. The molecule has 1 aromatic heterocycles. The van der Waals surface area contributed by atoms with Gasteiger partial charge >= 0.3 is 0 Å². The van der Waals surface area contributed by atoms with Crippen molar-refractivity contribution in [2.24, 2.45) is 13.0 Å². The Balaban J connectivity index is 1.76. The molecule has 1 aromatic rings. The van der Waals surface area contributed by atoms with E-state index >= 15 is 0 Å². The van der Waals surface area contributed by atoms with Gasteiger partial charge in [0.2, 0.25) is 0 Å². The standard InChI is InChI=1S/C11H18N2O/c1-13-9-11(8-12-13)3-2-10-4-6-14-7-5-10/h8-10H,2-7H2,1H3. The molecule has 1 saturated heterocycles. The molecule has 3 heteroatoms. The van der Waals surface area contributed by atoms with E-state index in [9.17, 15) is 0 Å². The summed E-state index contributed by atoms with van der Waals surface area (Å²) in [7, 11) is 1.97. The van der Waals surface area contributed by atoms with Crippen LogP contribution in [0.1, 0.15) is 24.8 Å². The smallest absolute Gasteiger partial charge is 0.0521 e. The number of aryl methyl sites for hydroxylation is 2. The van der Waals surface area contributed by atoms with E-state index in [1.807, 2.05) is 17.9 Å². The van der Waals surface area contributed by atoms with Crippen molar-refractivity contribution in [3.8, 4) is 0 Å². The topological polar surface area (TPSA) is 27.1 Å². The van der Waals surface area contributed by atoms with Crippen molar-refractivity contribution in [1.82, 2.24) is 9.78 Å². The Hall–Kier alpha value is -0.830. The summed E-state index contributed by atoms with van der Waals surface area (Å²) in [5.41, 5.74) is 1.36. The SMILES string of the molecule is Cn1cc(CCC2CCOCC2)cn1. The number of rotatable bonds is 3. The molecule has 0 bridgehead atoms. The molecule has 78 valence electrons. The first-order valence-electron chi connectivity index (χ1n) is 5.40. The fraction of sp³-hybridized carbons (Fsp3) is 0.727. The minimum absolute atomic E-state index is 0.865. The van der Waals surface area contributed by atoms with Crippen LogP contribution in [0.25, 0.3) is 0 Å². The van der Waals surface area contributed by atoms with Gasteiger partial charge in [0.15, 0.2) is 0 Å². The van der Waals surface area contributed by atoms with E-state index in [0.29, 0.717) is 0 Å². The number of aromatic nitrogens is 2. The maximum Gasteiger partial charge on any atom is 0.0521 e. The molecule has 0 spiro atoms. The summed E-state index contributed by atoms with van der Waals surface area (Å²) in [6, 6.07) is 0. The van der Waals surface area contributed by atoms with Gasteiger partial charge < -0.3 is 4.74 Å². The number of hydrogen-bond donors (Lipinski definition) is 0. The maximum atomic E-state index is 5.34. The molecule has 2 heterocycles. The fourth-order valence-corrected chi connectivity index (χ4v) is 2.01. The zero-order valence-corrected chi connectivity index (χ0v) is 8.78. The van der Waals surface area contributed by atoms with Crippen LogP contribution in [0.2, 0.25) is 0 Å². The highest BCUT2D eigenvalue weighted by atomic mass is 16.5. The second kappa shape index (κ2) is 4.60. The average Bonchev–Trinajstić information content (AvgIpc) is 2.63. The molecular weight excluding hydrogens is 176 g/mol. The molecule has 0 atom stereocenters. The van der Waals surface area contributed by atoms with Crippen LogP contribution in [0, 0.1) is 5.92 Å². The predicted molar refractivity (Wildman–Crippen MR) is 55.1 cm³/mol. The molecule has 2 rings (SSSR count). The van der Waals surface area contributed by atoms with Crippen LogP contribution >= 0.6 is 0 Å². The van der Waals surface area contributed by atoms with Gasteiger partial charge in [-0.2, -0.15) is 5.10 Å². The predicted octanol–water partition coefficient (Wildman–Crippen LogP) is 1.78. The summed E-state index contributed by atoms with van der Waals surface area (Å²) in [4.78, 5) is 0. The third kappa shape index (κ3) is 2.58. The van der Waals surface area contributed by atoms with Crippen molar-refractivity contribution in [2.75, 3.05) is 13.2 Å². The molecule has 0 aromatic carbocycles. The summed E-state index contributed by atoms with van der Waals surface area (Å²) in [6.45, 7) is 1.91. The van der Waals surface area contributed by atoms with Gasteiger partial charge in [0, 0.05) is 26.5 Å².